The molecule has 150 valence electrons. The van der Waals surface area contributed by atoms with Crippen LogP contribution in [-0.4, -0.2) is 34.9 Å². The van der Waals surface area contributed by atoms with Crippen molar-refractivity contribution in [1.29, 1.82) is 0 Å². The van der Waals surface area contributed by atoms with Crippen molar-refractivity contribution in [2.45, 2.75) is 37.9 Å². The molecule has 28 heavy (non-hydrogen) atoms. The number of carbonyl (C=O) groups excluding carboxylic acids is 1. The maximum absolute atomic E-state index is 13.6. The van der Waals surface area contributed by atoms with Gasteiger partial charge in [-0.25, -0.2) is 4.39 Å². The van der Waals surface area contributed by atoms with Gasteiger partial charge < -0.3 is 20.3 Å². The number of hydrogen-bond acceptors (Lipinski definition) is 4. The van der Waals surface area contributed by atoms with E-state index in [-0.39, 0.29) is 30.6 Å². The van der Waals surface area contributed by atoms with Crippen molar-refractivity contribution in [2.75, 3.05) is 13.2 Å². The van der Waals surface area contributed by atoms with Crippen LogP contribution < -0.4 is 5.32 Å². The third-order valence-electron chi connectivity index (χ3n) is 5.31. The Labute approximate surface area is 164 Å². The third kappa shape index (κ3) is 5.53. The molecule has 2 aromatic rings. The Morgan fingerprint density at radius 3 is 2.50 bits per heavy atom. The van der Waals surface area contributed by atoms with Crippen LogP contribution in [0, 0.1) is 11.7 Å². The fraction of sp³-hybridized carbons (Fsp3) is 0.409. The summed E-state index contributed by atoms with van der Waals surface area (Å²) < 4.78 is 19.3. The number of amides is 1. The van der Waals surface area contributed by atoms with Gasteiger partial charge in [0.25, 0.3) is 5.91 Å². The summed E-state index contributed by atoms with van der Waals surface area (Å²) in [5, 5.41) is 22.8. The van der Waals surface area contributed by atoms with Crippen molar-refractivity contribution in [3.63, 3.8) is 0 Å². The molecule has 3 rings (SSSR count). The highest BCUT2D eigenvalue weighted by atomic mass is 19.1. The summed E-state index contributed by atoms with van der Waals surface area (Å²) in [6.07, 6.45) is 2.75. The van der Waals surface area contributed by atoms with E-state index in [4.69, 9.17) is 4.74 Å². The number of phenolic OH excluding ortho intramolecular Hbond substituents is 1. The molecule has 1 aliphatic carbocycles. The van der Waals surface area contributed by atoms with E-state index >= 15 is 0 Å². The van der Waals surface area contributed by atoms with Gasteiger partial charge in [-0.2, -0.15) is 0 Å². The van der Waals surface area contributed by atoms with Crippen molar-refractivity contribution in [1.82, 2.24) is 5.32 Å². The van der Waals surface area contributed by atoms with Crippen molar-refractivity contribution >= 4 is 5.91 Å². The molecule has 1 amide bonds. The monoisotopic (exact) mass is 387 g/mol. The number of aromatic hydroxyl groups is 1. The molecule has 0 heterocycles. The normalized spacial score (nSPS) is 22.0. The lowest BCUT2D eigenvalue weighted by Crippen LogP contribution is -2.45. The molecule has 5 nitrogen and oxygen atoms in total. The van der Waals surface area contributed by atoms with Crippen molar-refractivity contribution < 1.29 is 24.1 Å². The van der Waals surface area contributed by atoms with Crippen LogP contribution in [0.4, 0.5) is 4.39 Å². The highest BCUT2D eigenvalue weighted by Crippen LogP contribution is 2.32. The first-order chi connectivity index (χ1) is 13.5. The molecule has 0 spiro atoms. The zero-order chi connectivity index (χ0) is 20.0. The van der Waals surface area contributed by atoms with Crippen molar-refractivity contribution in [2.24, 2.45) is 5.92 Å². The molecule has 0 unspecified atom stereocenters. The Balaban J connectivity index is 1.39. The molecular weight excluding hydrogens is 361 g/mol. The van der Waals surface area contributed by atoms with Crippen LogP contribution in [0.15, 0.2) is 48.5 Å². The molecule has 1 aliphatic rings. The van der Waals surface area contributed by atoms with Crippen LogP contribution in [0.3, 0.4) is 0 Å². The van der Waals surface area contributed by atoms with E-state index in [1.54, 1.807) is 30.3 Å². The Bertz CT molecular complexity index is 785. The lowest BCUT2D eigenvalue weighted by atomic mass is 9.79. The maximum Gasteiger partial charge on any atom is 0.251 e. The van der Waals surface area contributed by atoms with E-state index in [9.17, 15) is 19.4 Å². The predicted molar refractivity (Wildman–Crippen MR) is 103 cm³/mol. The molecular formula is C22H26FNO4. The Morgan fingerprint density at radius 2 is 1.82 bits per heavy atom. The molecule has 0 saturated heterocycles. The minimum Gasteiger partial charge on any atom is -0.508 e. The molecule has 0 aliphatic heterocycles. The van der Waals surface area contributed by atoms with E-state index in [1.165, 1.54) is 18.2 Å². The maximum atomic E-state index is 13.6. The lowest BCUT2D eigenvalue weighted by molar-refractivity contribution is -0.0240. The largest absolute Gasteiger partial charge is 0.508 e. The van der Waals surface area contributed by atoms with E-state index in [0.29, 0.717) is 36.5 Å². The van der Waals surface area contributed by atoms with E-state index < -0.39 is 5.60 Å². The van der Waals surface area contributed by atoms with Crippen LogP contribution in [0.5, 0.6) is 5.75 Å². The van der Waals surface area contributed by atoms with Crippen molar-refractivity contribution in [3.8, 4) is 5.75 Å². The average Bonchev–Trinajstić information content (AvgIpc) is 2.70. The Morgan fingerprint density at radius 1 is 1.14 bits per heavy atom. The number of nitrogens with one attached hydrogen (secondary N) is 1. The number of halogens is 1. The molecule has 1 saturated carbocycles. The average molecular weight is 387 g/mol. The van der Waals surface area contributed by atoms with Crippen LogP contribution in [0.25, 0.3) is 0 Å². The summed E-state index contributed by atoms with van der Waals surface area (Å²) >= 11 is 0. The highest BCUT2D eigenvalue weighted by Gasteiger charge is 2.33. The van der Waals surface area contributed by atoms with Crippen LogP contribution in [-0.2, 0) is 11.3 Å². The van der Waals surface area contributed by atoms with Gasteiger partial charge in [-0.3, -0.25) is 4.79 Å². The lowest BCUT2D eigenvalue weighted by Gasteiger charge is -2.36. The minimum absolute atomic E-state index is 0.103. The van der Waals surface area contributed by atoms with Crippen molar-refractivity contribution in [3.05, 3.63) is 65.5 Å². The number of hydrogen-bond donors (Lipinski definition) is 3. The highest BCUT2D eigenvalue weighted by molar-refractivity contribution is 5.94. The number of carbonyl (C=O) groups is 1. The van der Waals surface area contributed by atoms with E-state index in [0.717, 1.165) is 12.8 Å². The molecule has 6 heteroatoms. The zero-order valence-corrected chi connectivity index (χ0v) is 15.7. The number of phenols is 1. The van der Waals surface area contributed by atoms with Crippen LogP contribution in [0.1, 0.15) is 41.6 Å². The third-order valence-corrected chi connectivity index (χ3v) is 5.31. The summed E-state index contributed by atoms with van der Waals surface area (Å²) in [6.45, 7) is 0.968. The molecule has 1 fully saturated rings. The molecule has 3 N–H and O–H groups in total. The van der Waals surface area contributed by atoms with Gasteiger partial charge in [0.2, 0.25) is 0 Å². The topological polar surface area (TPSA) is 78.8 Å². The summed E-state index contributed by atoms with van der Waals surface area (Å²) in [5.74, 6) is -0.112. The summed E-state index contributed by atoms with van der Waals surface area (Å²) in [5.41, 5.74) is 0.0672. The van der Waals surface area contributed by atoms with Gasteiger partial charge in [0.05, 0.1) is 12.2 Å². The standard InChI is InChI=1S/C22H26FNO4/c23-20-4-2-1-3-18(20)14-28-13-16-9-11-22(27,12-10-16)15-24-21(26)17-5-7-19(25)8-6-17/h1-8,16,25,27H,9-15H2,(H,24,26)/t16-,22-. The second-order valence-corrected chi connectivity index (χ2v) is 7.50. The first-order valence-electron chi connectivity index (χ1n) is 9.56. The van der Waals surface area contributed by atoms with Gasteiger partial charge in [0.1, 0.15) is 11.6 Å². The molecule has 0 radical (unpaired) electrons. The van der Waals surface area contributed by atoms with E-state index in [2.05, 4.69) is 5.32 Å². The zero-order valence-electron chi connectivity index (χ0n) is 15.7. The SMILES string of the molecule is O=C(NC[C@]1(O)CC[C@H](COCc2ccccc2F)CC1)c1ccc(O)cc1. The molecule has 0 bridgehead atoms. The van der Waals surface area contributed by atoms with Gasteiger partial charge in [-0.05, 0) is 61.9 Å². The van der Waals surface area contributed by atoms with Gasteiger partial charge in [-0.1, -0.05) is 18.2 Å². The predicted octanol–water partition coefficient (Wildman–Crippen LogP) is 3.40. The molecule has 2 aromatic carbocycles. The second-order valence-electron chi connectivity index (χ2n) is 7.50. The first kappa shape index (κ1) is 20.3. The van der Waals surface area contributed by atoms with E-state index in [1.807, 2.05) is 0 Å². The van der Waals surface area contributed by atoms with Gasteiger partial charge in [0, 0.05) is 24.3 Å². The summed E-state index contributed by atoms with van der Waals surface area (Å²) in [4.78, 5) is 12.2. The first-order valence-corrected chi connectivity index (χ1v) is 9.56. The van der Waals surface area contributed by atoms with Crippen LogP contribution >= 0.6 is 0 Å². The molecule has 0 aromatic heterocycles. The molecule has 0 atom stereocenters. The second kappa shape index (κ2) is 9.17. The Kier molecular flexibility index (Phi) is 6.65. The number of benzene rings is 2. The summed E-state index contributed by atoms with van der Waals surface area (Å²) in [7, 11) is 0. The quantitative estimate of drug-likeness (QED) is 0.680. The van der Waals surface area contributed by atoms with Gasteiger partial charge in [0.15, 0.2) is 0 Å². The fourth-order valence-electron chi connectivity index (χ4n) is 3.47. The Hall–Kier alpha value is -2.44. The summed E-state index contributed by atoms with van der Waals surface area (Å²) in [6, 6.07) is 12.6. The minimum atomic E-state index is -0.922. The van der Waals surface area contributed by atoms with Gasteiger partial charge >= 0.3 is 0 Å². The number of aliphatic hydroxyl groups is 1. The number of rotatable bonds is 7. The smallest absolute Gasteiger partial charge is 0.251 e. The fourth-order valence-corrected chi connectivity index (χ4v) is 3.47. The number of ether oxygens (including phenoxy) is 1. The van der Waals surface area contributed by atoms with Gasteiger partial charge in [-0.15, -0.1) is 0 Å². The van der Waals surface area contributed by atoms with Crippen LogP contribution in [0.2, 0.25) is 0 Å².